The number of aliphatic imine (C=N–C) groups is 1. The van der Waals surface area contributed by atoms with E-state index in [9.17, 15) is 4.79 Å². The average Bonchev–Trinajstić information content (AvgIpc) is 3.14. The van der Waals surface area contributed by atoms with Crippen molar-refractivity contribution >= 4 is 17.9 Å². The summed E-state index contributed by atoms with van der Waals surface area (Å²) in [6, 6.07) is 23.1. The molecule has 0 amide bonds. The summed E-state index contributed by atoms with van der Waals surface area (Å²) in [4.78, 5) is 16.8. The van der Waals surface area contributed by atoms with Crippen molar-refractivity contribution < 1.29 is 19.0 Å². The summed E-state index contributed by atoms with van der Waals surface area (Å²) >= 11 is 0. The molecule has 4 rings (SSSR count). The van der Waals surface area contributed by atoms with Gasteiger partial charge in [0.05, 0.1) is 0 Å². The van der Waals surface area contributed by atoms with E-state index in [0.717, 1.165) is 28.0 Å². The summed E-state index contributed by atoms with van der Waals surface area (Å²) < 4.78 is 17.0. The Kier molecular flexibility index (Phi) is 6.13. The molecule has 1 aliphatic heterocycles. The van der Waals surface area contributed by atoms with Gasteiger partial charge in [-0.15, -0.1) is 0 Å². The minimum atomic E-state index is -0.476. The molecule has 3 aromatic carbocycles. The largest absolute Gasteiger partial charge is 0.490 e. The molecule has 0 fully saturated rings. The molecular formula is C26H23NO4. The minimum absolute atomic E-state index is 0.242. The maximum atomic E-state index is 12.4. The van der Waals surface area contributed by atoms with E-state index >= 15 is 0 Å². The highest BCUT2D eigenvalue weighted by atomic mass is 16.6. The number of hydrogen-bond acceptors (Lipinski definition) is 5. The monoisotopic (exact) mass is 413 g/mol. The van der Waals surface area contributed by atoms with Gasteiger partial charge in [-0.2, -0.15) is 0 Å². The number of esters is 1. The summed E-state index contributed by atoms with van der Waals surface area (Å²) in [7, 11) is 0. The maximum absolute atomic E-state index is 12.4. The highest BCUT2D eigenvalue weighted by molar-refractivity contribution is 6.13. The van der Waals surface area contributed by atoms with Gasteiger partial charge in [0, 0.05) is 11.1 Å². The van der Waals surface area contributed by atoms with Gasteiger partial charge in [0.2, 0.25) is 5.90 Å². The zero-order valence-corrected chi connectivity index (χ0v) is 17.5. The molecule has 0 saturated heterocycles. The first-order valence-electron chi connectivity index (χ1n) is 10.1. The second-order valence-electron chi connectivity index (χ2n) is 7.25. The first-order valence-corrected chi connectivity index (χ1v) is 10.1. The second kappa shape index (κ2) is 9.30. The lowest BCUT2D eigenvalue weighted by Crippen LogP contribution is -2.09. The number of nitrogens with zero attached hydrogens (tertiary/aromatic N) is 1. The Morgan fingerprint density at radius 3 is 2.35 bits per heavy atom. The van der Waals surface area contributed by atoms with Gasteiger partial charge in [-0.25, -0.2) is 9.79 Å². The van der Waals surface area contributed by atoms with Crippen molar-refractivity contribution in [3.63, 3.8) is 0 Å². The first kappa shape index (κ1) is 20.4. The highest BCUT2D eigenvalue weighted by Crippen LogP contribution is 2.26. The van der Waals surface area contributed by atoms with Crippen LogP contribution in [0.5, 0.6) is 11.5 Å². The van der Waals surface area contributed by atoms with Gasteiger partial charge in [-0.05, 0) is 56.3 Å². The predicted molar refractivity (Wildman–Crippen MR) is 120 cm³/mol. The third-order valence-corrected chi connectivity index (χ3v) is 4.73. The van der Waals surface area contributed by atoms with Gasteiger partial charge in [0.1, 0.15) is 24.7 Å². The van der Waals surface area contributed by atoms with Crippen LogP contribution in [0.2, 0.25) is 0 Å². The van der Waals surface area contributed by atoms with Crippen molar-refractivity contribution in [2.24, 2.45) is 4.99 Å². The number of ether oxygens (including phenoxy) is 3. The van der Waals surface area contributed by atoms with E-state index in [2.05, 4.69) is 4.99 Å². The normalized spacial score (nSPS) is 14.3. The van der Waals surface area contributed by atoms with Crippen molar-refractivity contribution in [2.45, 2.75) is 13.8 Å². The molecule has 0 aliphatic carbocycles. The molecule has 1 heterocycles. The van der Waals surface area contributed by atoms with Crippen molar-refractivity contribution in [2.75, 3.05) is 13.2 Å². The Hall–Kier alpha value is -3.86. The Bertz CT molecular complexity index is 1130. The molecule has 0 spiro atoms. The SMILES string of the molecule is Cc1ccc(C2=N/C(=C/c3cc(C)ccc3OCCOc3ccccc3)C(=O)O2)cc1. The third-order valence-electron chi connectivity index (χ3n) is 4.73. The van der Waals surface area contributed by atoms with Gasteiger partial charge in [-0.3, -0.25) is 0 Å². The Morgan fingerprint density at radius 2 is 1.58 bits per heavy atom. The molecule has 3 aromatic rings. The Labute approximate surface area is 181 Å². The minimum Gasteiger partial charge on any atom is -0.490 e. The number of carbonyl (C=O) groups is 1. The lowest BCUT2D eigenvalue weighted by atomic mass is 10.1. The van der Waals surface area contributed by atoms with Crippen molar-refractivity contribution in [3.8, 4) is 11.5 Å². The molecule has 5 heteroatoms. The molecular weight excluding hydrogens is 390 g/mol. The van der Waals surface area contributed by atoms with Crippen LogP contribution in [0.25, 0.3) is 6.08 Å². The number of carbonyl (C=O) groups excluding carboxylic acids is 1. The fraction of sp³-hybridized carbons (Fsp3) is 0.154. The molecule has 1 aliphatic rings. The van der Waals surface area contributed by atoms with E-state index < -0.39 is 5.97 Å². The highest BCUT2D eigenvalue weighted by Gasteiger charge is 2.24. The van der Waals surface area contributed by atoms with Crippen molar-refractivity contribution in [1.29, 1.82) is 0 Å². The molecule has 0 atom stereocenters. The standard InChI is InChI=1S/C26H23NO4/c1-18-8-11-20(12-9-18)25-27-23(26(28)31-25)17-21-16-19(2)10-13-24(21)30-15-14-29-22-6-4-3-5-7-22/h3-13,16-17H,14-15H2,1-2H3/b23-17+. The fourth-order valence-corrected chi connectivity index (χ4v) is 3.12. The van der Waals surface area contributed by atoms with Crippen molar-refractivity contribution in [3.05, 3.63) is 101 Å². The molecule has 5 nitrogen and oxygen atoms in total. The maximum Gasteiger partial charge on any atom is 0.363 e. The smallest absolute Gasteiger partial charge is 0.363 e. The number of para-hydroxylation sites is 1. The average molecular weight is 413 g/mol. The molecule has 0 N–H and O–H groups in total. The third kappa shape index (κ3) is 5.20. The van der Waals surface area contributed by atoms with E-state index in [0.29, 0.717) is 24.9 Å². The Balaban J connectivity index is 1.49. The summed E-state index contributed by atoms with van der Waals surface area (Å²) in [5.74, 6) is 1.28. The molecule has 0 radical (unpaired) electrons. The number of hydrogen-bond donors (Lipinski definition) is 0. The van der Waals surface area contributed by atoms with Gasteiger partial charge >= 0.3 is 5.97 Å². The number of benzene rings is 3. The molecule has 156 valence electrons. The van der Waals surface area contributed by atoms with Gasteiger partial charge in [0.15, 0.2) is 5.70 Å². The summed E-state index contributed by atoms with van der Waals surface area (Å²) in [5.41, 5.74) is 3.95. The summed E-state index contributed by atoms with van der Waals surface area (Å²) in [6.45, 7) is 4.77. The lowest BCUT2D eigenvalue weighted by molar-refractivity contribution is -0.129. The van der Waals surface area contributed by atoms with Crippen LogP contribution in [-0.4, -0.2) is 25.1 Å². The molecule has 0 unspecified atom stereocenters. The van der Waals surface area contributed by atoms with Crippen LogP contribution in [0.1, 0.15) is 22.3 Å². The molecule has 0 bridgehead atoms. The van der Waals surface area contributed by atoms with Crippen LogP contribution >= 0.6 is 0 Å². The summed E-state index contributed by atoms with van der Waals surface area (Å²) in [6.07, 6.45) is 1.70. The van der Waals surface area contributed by atoms with E-state index in [1.807, 2.05) is 86.6 Å². The van der Waals surface area contributed by atoms with Crippen LogP contribution in [0.4, 0.5) is 0 Å². The van der Waals surface area contributed by atoms with E-state index in [1.165, 1.54) is 0 Å². The van der Waals surface area contributed by atoms with Crippen LogP contribution in [0, 0.1) is 13.8 Å². The quantitative estimate of drug-likeness (QED) is 0.307. The van der Waals surface area contributed by atoms with Crippen LogP contribution < -0.4 is 9.47 Å². The predicted octanol–water partition coefficient (Wildman–Crippen LogP) is 5.11. The fourth-order valence-electron chi connectivity index (χ4n) is 3.12. The van der Waals surface area contributed by atoms with Gasteiger partial charge in [-0.1, -0.05) is 47.5 Å². The number of rotatable bonds is 7. The second-order valence-corrected chi connectivity index (χ2v) is 7.25. The molecule has 0 aromatic heterocycles. The van der Waals surface area contributed by atoms with Crippen LogP contribution in [-0.2, 0) is 9.53 Å². The lowest BCUT2D eigenvalue weighted by Gasteiger charge is -2.11. The number of cyclic esters (lactones) is 1. The van der Waals surface area contributed by atoms with Crippen molar-refractivity contribution in [1.82, 2.24) is 0 Å². The van der Waals surface area contributed by atoms with Crippen LogP contribution in [0.15, 0.2) is 83.5 Å². The molecule has 0 saturated carbocycles. The number of aryl methyl sites for hydroxylation is 2. The summed E-state index contributed by atoms with van der Waals surface area (Å²) in [5, 5.41) is 0. The first-order chi connectivity index (χ1) is 15.1. The van der Waals surface area contributed by atoms with Gasteiger partial charge < -0.3 is 14.2 Å². The van der Waals surface area contributed by atoms with E-state index in [4.69, 9.17) is 14.2 Å². The zero-order chi connectivity index (χ0) is 21.6. The Morgan fingerprint density at radius 1 is 0.871 bits per heavy atom. The molecule has 31 heavy (non-hydrogen) atoms. The zero-order valence-electron chi connectivity index (χ0n) is 17.5. The topological polar surface area (TPSA) is 57.1 Å². The van der Waals surface area contributed by atoms with E-state index in [1.54, 1.807) is 6.08 Å². The van der Waals surface area contributed by atoms with E-state index in [-0.39, 0.29) is 5.70 Å². The van der Waals surface area contributed by atoms with Crippen LogP contribution in [0.3, 0.4) is 0 Å². The van der Waals surface area contributed by atoms with Gasteiger partial charge in [0.25, 0.3) is 0 Å².